The molecule has 5 rings (SSSR count). The Bertz CT molecular complexity index is 1070. The van der Waals surface area contributed by atoms with Crippen LogP contribution in [0.4, 0.5) is 0 Å². The number of carbonyl (C=O) groups excluding carboxylic acids is 2. The number of carbonyl (C=O) groups is 2. The van der Waals surface area contributed by atoms with Gasteiger partial charge in [0.05, 0.1) is 24.1 Å². The lowest BCUT2D eigenvalue weighted by Crippen LogP contribution is -2.37. The number of hydrogen-bond acceptors (Lipinski definition) is 5. The lowest BCUT2D eigenvalue weighted by atomic mass is 9.89. The van der Waals surface area contributed by atoms with Gasteiger partial charge in [-0.05, 0) is 23.8 Å². The predicted molar refractivity (Wildman–Crippen MR) is 108 cm³/mol. The van der Waals surface area contributed by atoms with Crippen LogP contribution < -0.4 is 0 Å². The lowest BCUT2D eigenvalue weighted by Gasteiger charge is -2.29. The molecule has 30 heavy (non-hydrogen) atoms. The first-order valence-corrected chi connectivity index (χ1v) is 9.94. The fourth-order valence-electron chi connectivity index (χ4n) is 4.77. The topological polar surface area (TPSA) is 86.9 Å². The van der Waals surface area contributed by atoms with Gasteiger partial charge in [0.2, 0.25) is 0 Å². The highest BCUT2D eigenvalue weighted by molar-refractivity contribution is 5.95. The number of amides is 2. The third-order valence-electron chi connectivity index (χ3n) is 6.06. The standard InChI is InChI=1S/C23H21N3O4/c27-18-9-16(10-24-11-18)22(28)25-12-17-13-26(23(29)20-7-4-8-30-20)21(19(17)14-25)15-5-2-1-3-6-15/h1-11,17,19,21,27H,12-14H2/t17-,19-,21-/m0/s1. The monoisotopic (exact) mass is 403 g/mol. The molecule has 0 radical (unpaired) electrons. The summed E-state index contributed by atoms with van der Waals surface area (Å²) in [6.45, 7) is 1.66. The van der Waals surface area contributed by atoms with Gasteiger partial charge in [-0.15, -0.1) is 0 Å². The average molecular weight is 403 g/mol. The van der Waals surface area contributed by atoms with Crippen molar-refractivity contribution in [2.24, 2.45) is 11.8 Å². The molecule has 2 aliphatic heterocycles. The molecule has 0 spiro atoms. The average Bonchev–Trinajstić information content (AvgIpc) is 3.49. The summed E-state index contributed by atoms with van der Waals surface area (Å²) in [6, 6.07) is 14.6. The molecule has 2 aliphatic rings. The molecule has 152 valence electrons. The van der Waals surface area contributed by atoms with Crippen molar-refractivity contribution in [3.63, 3.8) is 0 Å². The molecule has 2 amide bonds. The van der Waals surface area contributed by atoms with Crippen LogP contribution in [0.3, 0.4) is 0 Å². The Balaban J connectivity index is 1.43. The van der Waals surface area contributed by atoms with E-state index in [0.717, 1.165) is 5.56 Å². The van der Waals surface area contributed by atoms with E-state index in [4.69, 9.17) is 4.42 Å². The van der Waals surface area contributed by atoms with Crippen molar-refractivity contribution in [3.8, 4) is 5.75 Å². The molecule has 1 aromatic carbocycles. The largest absolute Gasteiger partial charge is 0.506 e. The number of fused-ring (bicyclic) bond motifs is 1. The Kier molecular flexibility index (Phi) is 4.50. The van der Waals surface area contributed by atoms with Crippen molar-refractivity contribution in [2.75, 3.05) is 19.6 Å². The minimum absolute atomic E-state index is 0.0300. The first kappa shape index (κ1) is 18.4. The van der Waals surface area contributed by atoms with Gasteiger partial charge in [0.15, 0.2) is 5.76 Å². The Labute approximate surface area is 173 Å². The minimum atomic E-state index is -0.150. The number of rotatable bonds is 3. The molecule has 0 unspecified atom stereocenters. The van der Waals surface area contributed by atoms with Crippen LogP contribution in [0.2, 0.25) is 0 Å². The second-order valence-corrected chi connectivity index (χ2v) is 7.86. The number of hydrogen-bond donors (Lipinski definition) is 1. The summed E-state index contributed by atoms with van der Waals surface area (Å²) < 4.78 is 5.36. The van der Waals surface area contributed by atoms with Crippen molar-refractivity contribution in [1.82, 2.24) is 14.8 Å². The molecule has 0 aliphatic carbocycles. The molecule has 2 fully saturated rings. The number of likely N-dealkylation sites (tertiary alicyclic amines) is 2. The van der Waals surface area contributed by atoms with Gasteiger partial charge < -0.3 is 19.3 Å². The molecule has 7 heteroatoms. The zero-order chi connectivity index (χ0) is 20.7. The van der Waals surface area contributed by atoms with Crippen LogP contribution in [0.25, 0.3) is 0 Å². The van der Waals surface area contributed by atoms with Gasteiger partial charge in [-0.2, -0.15) is 0 Å². The van der Waals surface area contributed by atoms with Gasteiger partial charge in [0, 0.05) is 37.7 Å². The van der Waals surface area contributed by atoms with E-state index in [1.54, 1.807) is 17.0 Å². The van der Waals surface area contributed by atoms with E-state index in [0.29, 0.717) is 31.0 Å². The fourth-order valence-corrected chi connectivity index (χ4v) is 4.77. The van der Waals surface area contributed by atoms with E-state index in [2.05, 4.69) is 4.98 Å². The quantitative estimate of drug-likeness (QED) is 0.727. The van der Waals surface area contributed by atoms with E-state index in [1.165, 1.54) is 24.7 Å². The summed E-state index contributed by atoms with van der Waals surface area (Å²) in [4.78, 5) is 33.7. The SMILES string of the molecule is O=C(c1cncc(O)c1)N1C[C@H]2CN(C(=O)c3ccco3)[C@@H](c3ccccc3)[C@H]2C1. The number of benzene rings is 1. The van der Waals surface area contributed by atoms with Gasteiger partial charge in [-0.3, -0.25) is 14.6 Å². The highest BCUT2D eigenvalue weighted by atomic mass is 16.3. The second kappa shape index (κ2) is 7.33. The van der Waals surface area contributed by atoms with E-state index < -0.39 is 0 Å². The molecule has 2 saturated heterocycles. The fraction of sp³-hybridized carbons (Fsp3) is 0.261. The first-order valence-electron chi connectivity index (χ1n) is 9.94. The summed E-state index contributed by atoms with van der Waals surface area (Å²) in [5.41, 5.74) is 1.42. The Morgan fingerprint density at radius 2 is 1.83 bits per heavy atom. The molecule has 3 aromatic rings. The van der Waals surface area contributed by atoms with Gasteiger partial charge in [-0.1, -0.05) is 30.3 Å². The highest BCUT2D eigenvalue weighted by Gasteiger charge is 2.50. The van der Waals surface area contributed by atoms with Crippen molar-refractivity contribution in [1.29, 1.82) is 0 Å². The number of aromatic hydroxyl groups is 1. The predicted octanol–water partition coefficient (Wildman–Crippen LogP) is 2.97. The summed E-state index contributed by atoms with van der Waals surface area (Å²) in [7, 11) is 0. The van der Waals surface area contributed by atoms with Crippen LogP contribution >= 0.6 is 0 Å². The summed E-state index contributed by atoms with van der Waals surface area (Å²) >= 11 is 0. The molecule has 3 atom stereocenters. The van der Waals surface area contributed by atoms with Gasteiger partial charge in [0.1, 0.15) is 5.75 Å². The number of pyridine rings is 1. The van der Waals surface area contributed by atoms with Crippen molar-refractivity contribution < 1.29 is 19.1 Å². The molecular formula is C23H21N3O4. The Hall–Kier alpha value is -3.61. The minimum Gasteiger partial charge on any atom is -0.506 e. The third kappa shape index (κ3) is 3.12. The van der Waals surface area contributed by atoms with Crippen LogP contribution in [0, 0.1) is 11.8 Å². The maximum absolute atomic E-state index is 13.1. The first-order chi connectivity index (χ1) is 14.6. The Morgan fingerprint density at radius 1 is 1.00 bits per heavy atom. The highest BCUT2D eigenvalue weighted by Crippen LogP contribution is 2.45. The van der Waals surface area contributed by atoms with Gasteiger partial charge in [-0.25, -0.2) is 0 Å². The molecule has 0 bridgehead atoms. The second-order valence-electron chi connectivity index (χ2n) is 7.86. The molecule has 4 heterocycles. The molecule has 7 nitrogen and oxygen atoms in total. The molecule has 1 N–H and O–H groups in total. The maximum Gasteiger partial charge on any atom is 0.290 e. The van der Waals surface area contributed by atoms with E-state index in [1.807, 2.05) is 35.2 Å². The smallest absolute Gasteiger partial charge is 0.290 e. The van der Waals surface area contributed by atoms with Crippen LogP contribution in [-0.2, 0) is 0 Å². The zero-order valence-corrected chi connectivity index (χ0v) is 16.2. The van der Waals surface area contributed by atoms with Crippen molar-refractivity contribution in [2.45, 2.75) is 6.04 Å². The van der Waals surface area contributed by atoms with Crippen LogP contribution in [0.15, 0.2) is 71.6 Å². The summed E-state index contributed by atoms with van der Waals surface area (Å²) in [5.74, 6) is 0.318. The Morgan fingerprint density at radius 3 is 2.57 bits per heavy atom. The van der Waals surface area contributed by atoms with Crippen LogP contribution in [0.5, 0.6) is 5.75 Å². The van der Waals surface area contributed by atoms with E-state index >= 15 is 0 Å². The number of furan rings is 1. The number of nitrogens with zero attached hydrogens (tertiary/aromatic N) is 3. The van der Waals surface area contributed by atoms with Gasteiger partial charge in [0.25, 0.3) is 11.8 Å². The molecule has 2 aromatic heterocycles. The normalized spacial score (nSPS) is 22.9. The molecular weight excluding hydrogens is 382 g/mol. The molecule has 0 saturated carbocycles. The van der Waals surface area contributed by atoms with E-state index in [9.17, 15) is 14.7 Å². The number of aromatic nitrogens is 1. The lowest BCUT2D eigenvalue weighted by molar-refractivity contribution is 0.0650. The van der Waals surface area contributed by atoms with Gasteiger partial charge >= 0.3 is 0 Å². The summed E-state index contributed by atoms with van der Waals surface area (Å²) in [5, 5.41) is 9.66. The van der Waals surface area contributed by atoms with Crippen LogP contribution in [-0.4, -0.2) is 51.3 Å². The third-order valence-corrected chi connectivity index (χ3v) is 6.06. The van der Waals surface area contributed by atoms with Crippen molar-refractivity contribution >= 4 is 11.8 Å². The van der Waals surface area contributed by atoms with Crippen molar-refractivity contribution in [3.05, 3.63) is 84.1 Å². The summed E-state index contributed by atoms with van der Waals surface area (Å²) in [6.07, 6.45) is 4.28. The zero-order valence-electron chi connectivity index (χ0n) is 16.2. The van der Waals surface area contributed by atoms with E-state index in [-0.39, 0.29) is 35.4 Å². The van der Waals surface area contributed by atoms with Crippen LogP contribution in [0.1, 0.15) is 32.5 Å². The maximum atomic E-state index is 13.1.